The molecule has 150 valence electrons. The second-order valence-corrected chi connectivity index (χ2v) is 7.53. The number of ether oxygens (including phenoxy) is 1. The van der Waals surface area contributed by atoms with E-state index in [-0.39, 0.29) is 5.91 Å². The Balaban J connectivity index is 1.49. The van der Waals surface area contributed by atoms with Gasteiger partial charge in [-0.2, -0.15) is 0 Å². The number of benzene rings is 2. The van der Waals surface area contributed by atoms with E-state index in [1.165, 1.54) is 11.1 Å². The van der Waals surface area contributed by atoms with Gasteiger partial charge in [-0.1, -0.05) is 24.3 Å². The van der Waals surface area contributed by atoms with Crippen molar-refractivity contribution in [1.29, 1.82) is 0 Å². The van der Waals surface area contributed by atoms with Crippen LogP contribution in [0, 0.1) is 0 Å². The van der Waals surface area contributed by atoms with Crippen molar-refractivity contribution in [3.63, 3.8) is 0 Å². The van der Waals surface area contributed by atoms with Gasteiger partial charge in [0.05, 0.1) is 6.61 Å². The van der Waals surface area contributed by atoms with Crippen molar-refractivity contribution in [3.8, 4) is 5.75 Å². The molecule has 0 spiro atoms. The quantitative estimate of drug-likeness (QED) is 0.738. The van der Waals surface area contributed by atoms with E-state index in [0.717, 1.165) is 50.6 Å². The normalized spacial score (nSPS) is 15.4. The lowest BCUT2D eigenvalue weighted by Gasteiger charge is -2.34. The van der Waals surface area contributed by atoms with Gasteiger partial charge in [-0.25, -0.2) is 0 Å². The molecule has 0 saturated carbocycles. The van der Waals surface area contributed by atoms with Crippen LogP contribution in [0.2, 0.25) is 0 Å². The van der Waals surface area contributed by atoms with Crippen LogP contribution in [-0.4, -0.2) is 67.5 Å². The number of nitrogens with zero attached hydrogens (tertiary/aromatic N) is 3. The largest absolute Gasteiger partial charge is 0.494 e. The summed E-state index contributed by atoms with van der Waals surface area (Å²) >= 11 is 0. The van der Waals surface area contributed by atoms with E-state index < -0.39 is 0 Å². The molecule has 1 saturated heterocycles. The number of carbonyl (C=O) groups is 1. The van der Waals surface area contributed by atoms with Gasteiger partial charge in [-0.05, 0) is 42.3 Å². The molecule has 1 fully saturated rings. The maximum atomic E-state index is 12.2. The molecular weight excluding hydrogens is 350 g/mol. The fourth-order valence-electron chi connectivity index (χ4n) is 3.54. The minimum Gasteiger partial charge on any atom is -0.494 e. The third-order valence-corrected chi connectivity index (χ3v) is 5.09. The van der Waals surface area contributed by atoms with Gasteiger partial charge in [0.25, 0.3) is 5.91 Å². The second kappa shape index (κ2) is 9.71. The molecule has 1 amide bonds. The Bertz CT molecular complexity index is 766. The molecule has 0 aliphatic carbocycles. The monoisotopic (exact) mass is 381 g/mol. The summed E-state index contributed by atoms with van der Waals surface area (Å²) in [6.07, 6.45) is 0. The second-order valence-electron chi connectivity index (χ2n) is 7.53. The van der Waals surface area contributed by atoms with Crippen LogP contribution in [0.5, 0.6) is 5.75 Å². The van der Waals surface area contributed by atoms with Crippen LogP contribution < -0.4 is 4.74 Å². The average Bonchev–Trinajstić information content (AvgIpc) is 2.71. The van der Waals surface area contributed by atoms with Crippen LogP contribution in [0.25, 0.3) is 0 Å². The number of piperazine rings is 1. The zero-order chi connectivity index (χ0) is 19.9. The highest BCUT2D eigenvalue weighted by atomic mass is 16.5. The molecule has 5 heteroatoms. The Kier molecular flexibility index (Phi) is 7.06. The zero-order valence-corrected chi connectivity index (χ0v) is 17.2. The Morgan fingerprint density at radius 3 is 2.11 bits per heavy atom. The highest BCUT2D eigenvalue weighted by Crippen LogP contribution is 2.16. The molecule has 0 radical (unpaired) electrons. The minimum atomic E-state index is 0.0574. The Hall–Kier alpha value is -2.37. The van der Waals surface area contributed by atoms with Crippen LogP contribution in [0.15, 0.2) is 48.5 Å². The smallest absolute Gasteiger partial charge is 0.253 e. The van der Waals surface area contributed by atoms with Crippen molar-refractivity contribution >= 4 is 5.91 Å². The first-order chi connectivity index (χ1) is 13.5. The third-order valence-electron chi connectivity index (χ3n) is 5.09. The SMILES string of the molecule is CCOc1ccc(CN2CCN(Cc3cccc(C(=O)N(C)C)c3)CC2)cc1. The van der Waals surface area contributed by atoms with Gasteiger partial charge in [0, 0.05) is 58.9 Å². The topological polar surface area (TPSA) is 36.0 Å². The molecule has 1 aliphatic rings. The van der Waals surface area contributed by atoms with Crippen molar-refractivity contribution in [1.82, 2.24) is 14.7 Å². The highest BCUT2D eigenvalue weighted by Gasteiger charge is 2.18. The lowest BCUT2D eigenvalue weighted by molar-refractivity contribution is 0.0827. The minimum absolute atomic E-state index is 0.0574. The van der Waals surface area contributed by atoms with E-state index in [1.54, 1.807) is 19.0 Å². The summed E-state index contributed by atoms with van der Waals surface area (Å²) in [4.78, 5) is 18.7. The van der Waals surface area contributed by atoms with Crippen LogP contribution in [-0.2, 0) is 13.1 Å². The fraction of sp³-hybridized carbons (Fsp3) is 0.435. The number of carbonyl (C=O) groups excluding carboxylic acids is 1. The van der Waals surface area contributed by atoms with Gasteiger partial charge in [0.2, 0.25) is 0 Å². The fourth-order valence-corrected chi connectivity index (χ4v) is 3.54. The van der Waals surface area contributed by atoms with Gasteiger partial charge < -0.3 is 9.64 Å². The summed E-state index contributed by atoms with van der Waals surface area (Å²) in [5.74, 6) is 0.994. The summed E-state index contributed by atoms with van der Waals surface area (Å²) < 4.78 is 5.51. The molecule has 2 aromatic rings. The number of amides is 1. The Morgan fingerprint density at radius 1 is 0.929 bits per heavy atom. The predicted octanol–water partition coefficient (Wildman–Crippen LogP) is 3.10. The molecule has 2 aromatic carbocycles. The van der Waals surface area contributed by atoms with Gasteiger partial charge in [0.15, 0.2) is 0 Å². The lowest BCUT2D eigenvalue weighted by atomic mass is 10.1. The van der Waals surface area contributed by atoms with Crippen molar-refractivity contribution in [2.75, 3.05) is 46.9 Å². The molecular formula is C23H31N3O2. The molecule has 0 atom stereocenters. The summed E-state index contributed by atoms with van der Waals surface area (Å²) in [7, 11) is 3.58. The molecule has 1 aliphatic heterocycles. The summed E-state index contributed by atoms with van der Waals surface area (Å²) in [6, 6.07) is 16.4. The predicted molar refractivity (Wildman–Crippen MR) is 113 cm³/mol. The molecule has 0 N–H and O–H groups in total. The third kappa shape index (κ3) is 5.57. The van der Waals surface area contributed by atoms with Gasteiger partial charge in [-0.3, -0.25) is 14.6 Å². The van der Waals surface area contributed by atoms with Crippen molar-refractivity contribution < 1.29 is 9.53 Å². The number of hydrogen-bond acceptors (Lipinski definition) is 4. The van der Waals surface area contributed by atoms with E-state index in [0.29, 0.717) is 6.61 Å². The summed E-state index contributed by atoms with van der Waals surface area (Å²) in [6.45, 7) is 8.79. The van der Waals surface area contributed by atoms with E-state index in [1.807, 2.05) is 25.1 Å². The first-order valence-corrected chi connectivity index (χ1v) is 10.0. The van der Waals surface area contributed by atoms with E-state index in [4.69, 9.17) is 4.74 Å². The van der Waals surface area contributed by atoms with Gasteiger partial charge >= 0.3 is 0 Å². The molecule has 1 heterocycles. The van der Waals surface area contributed by atoms with E-state index in [2.05, 4.69) is 40.1 Å². The molecule has 0 aromatic heterocycles. The van der Waals surface area contributed by atoms with Crippen molar-refractivity contribution in [2.24, 2.45) is 0 Å². The van der Waals surface area contributed by atoms with E-state index >= 15 is 0 Å². The molecule has 3 rings (SSSR count). The maximum Gasteiger partial charge on any atom is 0.253 e. The van der Waals surface area contributed by atoms with Gasteiger partial charge in [-0.15, -0.1) is 0 Å². The summed E-state index contributed by atoms with van der Waals surface area (Å²) in [5.41, 5.74) is 3.29. The highest BCUT2D eigenvalue weighted by molar-refractivity contribution is 5.94. The van der Waals surface area contributed by atoms with Crippen molar-refractivity contribution in [3.05, 3.63) is 65.2 Å². The number of rotatable bonds is 7. The maximum absolute atomic E-state index is 12.2. The van der Waals surface area contributed by atoms with Gasteiger partial charge in [0.1, 0.15) is 5.75 Å². The number of hydrogen-bond donors (Lipinski definition) is 0. The molecule has 0 unspecified atom stereocenters. The zero-order valence-electron chi connectivity index (χ0n) is 17.2. The van der Waals surface area contributed by atoms with Crippen LogP contribution in [0.1, 0.15) is 28.4 Å². The Morgan fingerprint density at radius 2 is 1.54 bits per heavy atom. The first-order valence-electron chi connectivity index (χ1n) is 10.0. The summed E-state index contributed by atoms with van der Waals surface area (Å²) in [5, 5.41) is 0. The molecule has 0 bridgehead atoms. The Labute approximate surface area is 168 Å². The van der Waals surface area contributed by atoms with Crippen LogP contribution >= 0.6 is 0 Å². The lowest BCUT2D eigenvalue weighted by Crippen LogP contribution is -2.45. The molecule has 28 heavy (non-hydrogen) atoms. The van der Waals surface area contributed by atoms with Crippen LogP contribution in [0.4, 0.5) is 0 Å². The average molecular weight is 382 g/mol. The van der Waals surface area contributed by atoms with Crippen LogP contribution in [0.3, 0.4) is 0 Å². The first kappa shape index (κ1) is 20.4. The van der Waals surface area contributed by atoms with E-state index in [9.17, 15) is 4.79 Å². The molecule has 5 nitrogen and oxygen atoms in total. The standard InChI is InChI=1S/C23H31N3O2/c1-4-28-22-10-8-19(9-11-22)17-25-12-14-26(15-13-25)18-20-6-5-7-21(16-20)23(27)24(2)3/h5-11,16H,4,12-15,17-18H2,1-3H3. The van der Waals surface area contributed by atoms with Crippen molar-refractivity contribution in [2.45, 2.75) is 20.0 Å².